The second-order valence-electron chi connectivity index (χ2n) is 7.91. The molecule has 0 aliphatic carbocycles. The van der Waals surface area contributed by atoms with E-state index in [1.807, 2.05) is 6.07 Å². The van der Waals surface area contributed by atoms with E-state index in [0.717, 1.165) is 10.4 Å². The van der Waals surface area contributed by atoms with E-state index in [-0.39, 0.29) is 43.0 Å². The van der Waals surface area contributed by atoms with E-state index in [1.165, 1.54) is 11.3 Å². The fraction of sp³-hybridized carbons (Fsp3) is 0.318. The Bertz CT molecular complexity index is 1100. The Labute approximate surface area is 195 Å². The number of hydrogen-bond donors (Lipinski definition) is 7. The highest BCUT2D eigenvalue weighted by Crippen LogP contribution is 2.25. The first kappa shape index (κ1) is 23.9. The fourth-order valence-corrected chi connectivity index (χ4v) is 4.53. The quantitative estimate of drug-likeness (QED) is 0.205. The SMILES string of the molecule is N=C(N)c1cccc(CC2(C(=O)NCC(=O)NCc3ccc(C(=N)N)s3)CCCC(=O)N2)c1. The van der Waals surface area contributed by atoms with E-state index >= 15 is 0 Å². The van der Waals surface area contributed by atoms with Crippen LogP contribution >= 0.6 is 11.3 Å². The molecule has 1 fully saturated rings. The minimum Gasteiger partial charge on any atom is -0.384 e. The summed E-state index contributed by atoms with van der Waals surface area (Å²) in [6.45, 7) is 0.0151. The molecule has 1 aromatic carbocycles. The molecule has 0 spiro atoms. The summed E-state index contributed by atoms with van der Waals surface area (Å²) < 4.78 is 0. The van der Waals surface area contributed by atoms with Crippen LogP contribution in [0.5, 0.6) is 0 Å². The summed E-state index contributed by atoms with van der Waals surface area (Å²) >= 11 is 1.31. The van der Waals surface area contributed by atoms with Gasteiger partial charge >= 0.3 is 0 Å². The van der Waals surface area contributed by atoms with Crippen LogP contribution in [0.1, 0.15) is 40.1 Å². The van der Waals surface area contributed by atoms with Crippen molar-refractivity contribution in [2.24, 2.45) is 11.5 Å². The van der Waals surface area contributed by atoms with Crippen molar-refractivity contribution in [3.8, 4) is 0 Å². The van der Waals surface area contributed by atoms with Crippen molar-refractivity contribution < 1.29 is 14.4 Å². The van der Waals surface area contributed by atoms with Gasteiger partial charge in [-0.25, -0.2) is 0 Å². The molecule has 0 radical (unpaired) electrons. The number of thiophene rings is 1. The maximum Gasteiger partial charge on any atom is 0.246 e. The van der Waals surface area contributed by atoms with Crippen molar-refractivity contribution in [3.05, 3.63) is 57.3 Å². The van der Waals surface area contributed by atoms with Gasteiger partial charge < -0.3 is 27.4 Å². The van der Waals surface area contributed by atoms with Crippen LogP contribution in [0.4, 0.5) is 0 Å². The molecule has 33 heavy (non-hydrogen) atoms. The van der Waals surface area contributed by atoms with Gasteiger partial charge in [0.2, 0.25) is 17.7 Å². The van der Waals surface area contributed by atoms with E-state index in [9.17, 15) is 14.4 Å². The van der Waals surface area contributed by atoms with Crippen molar-refractivity contribution in [2.75, 3.05) is 6.54 Å². The molecule has 1 aliphatic heterocycles. The lowest BCUT2D eigenvalue weighted by atomic mass is 9.81. The monoisotopic (exact) mass is 469 g/mol. The van der Waals surface area contributed by atoms with Crippen molar-refractivity contribution in [1.29, 1.82) is 10.8 Å². The van der Waals surface area contributed by atoms with Gasteiger partial charge in [0.15, 0.2) is 0 Å². The molecule has 2 aromatic rings. The van der Waals surface area contributed by atoms with E-state index in [0.29, 0.717) is 29.7 Å². The molecule has 0 bridgehead atoms. The van der Waals surface area contributed by atoms with Gasteiger partial charge in [0.25, 0.3) is 0 Å². The number of carbonyl (C=O) groups is 3. The summed E-state index contributed by atoms with van der Waals surface area (Å²) in [5.41, 5.74) is 11.1. The van der Waals surface area contributed by atoms with Crippen molar-refractivity contribution in [2.45, 2.75) is 37.8 Å². The summed E-state index contributed by atoms with van der Waals surface area (Å²) in [5.74, 6) is -1.15. The molecule has 1 atom stereocenters. The highest BCUT2D eigenvalue weighted by atomic mass is 32.1. The Kier molecular flexibility index (Phi) is 7.44. The number of piperidine rings is 1. The molecule has 10 nitrogen and oxygen atoms in total. The van der Waals surface area contributed by atoms with E-state index in [1.54, 1.807) is 30.3 Å². The number of nitrogens with two attached hydrogens (primary N) is 2. The molecule has 0 saturated carbocycles. The summed E-state index contributed by atoms with van der Waals surface area (Å²) in [4.78, 5) is 39.0. The zero-order valence-electron chi connectivity index (χ0n) is 18.0. The van der Waals surface area contributed by atoms with Crippen LogP contribution in [0.25, 0.3) is 0 Å². The molecular formula is C22H27N7O3S. The van der Waals surface area contributed by atoms with Gasteiger partial charge in [0.1, 0.15) is 17.2 Å². The van der Waals surface area contributed by atoms with Gasteiger partial charge in [0.05, 0.1) is 18.0 Å². The standard InChI is InChI=1S/C22H27N7O3S/c23-19(24)14-4-1-3-13(9-14)10-22(8-2-5-17(30)29-22)21(32)28-12-18(31)27-11-15-6-7-16(33-15)20(25)26/h1,3-4,6-7,9H,2,5,8,10-12H2,(H3,23,24)(H3,25,26)(H,27,31)(H,28,32)(H,29,30). The molecule has 174 valence electrons. The molecule has 1 saturated heterocycles. The predicted octanol–water partition coefficient (Wildman–Crippen LogP) is 0.330. The van der Waals surface area contributed by atoms with Crippen LogP contribution < -0.4 is 27.4 Å². The van der Waals surface area contributed by atoms with Crippen LogP contribution in [0.15, 0.2) is 36.4 Å². The molecule has 1 aromatic heterocycles. The third-order valence-electron chi connectivity index (χ3n) is 5.36. The Hall–Kier alpha value is -3.73. The summed E-state index contributed by atoms with van der Waals surface area (Å²) in [5, 5.41) is 23.2. The minimum absolute atomic E-state index is 0.0292. The Morgan fingerprint density at radius 1 is 1.12 bits per heavy atom. The molecule has 2 heterocycles. The number of benzene rings is 1. The average Bonchev–Trinajstić information content (AvgIpc) is 3.25. The normalized spacial score (nSPS) is 17.6. The van der Waals surface area contributed by atoms with Gasteiger partial charge in [-0.3, -0.25) is 25.2 Å². The first-order chi connectivity index (χ1) is 15.7. The second-order valence-corrected chi connectivity index (χ2v) is 9.08. The van der Waals surface area contributed by atoms with Gasteiger partial charge in [-0.2, -0.15) is 0 Å². The van der Waals surface area contributed by atoms with Gasteiger partial charge in [-0.05, 0) is 36.6 Å². The topological polar surface area (TPSA) is 187 Å². The molecule has 9 N–H and O–H groups in total. The van der Waals surface area contributed by atoms with Crippen LogP contribution in [-0.4, -0.2) is 41.5 Å². The van der Waals surface area contributed by atoms with E-state index in [2.05, 4.69) is 16.0 Å². The molecule has 1 aliphatic rings. The van der Waals surface area contributed by atoms with Crippen molar-refractivity contribution in [3.63, 3.8) is 0 Å². The number of hydrogen-bond acceptors (Lipinski definition) is 6. The lowest BCUT2D eigenvalue weighted by Gasteiger charge is -2.36. The predicted molar refractivity (Wildman–Crippen MR) is 126 cm³/mol. The van der Waals surface area contributed by atoms with Gasteiger partial charge in [0, 0.05) is 23.3 Å². The number of nitrogen functional groups attached to an aromatic ring is 2. The van der Waals surface area contributed by atoms with E-state index < -0.39 is 11.4 Å². The van der Waals surface area contributed by atoms with Gasteiger partial charge in [-0.1, -0.05) is 18.2 Å². The lowest BCUT2D eigenvalue weighted by Crippen LogP contribution is -2.62. The molecule has 3 amide bonds. The number of rotatable bonds is 9. The largest absolute Gasteiger partial charge is 0.384 e. The zero-order valence-corrected chi connectivity index (χ0v) is 18.8. The molecule has 11 heteroatoms. The third kappa shape index (κ3) is 6.16. The number of amides is 3. The number of amidine groups is 2. The maximum absolute atomic E-state index is 13.1. The first-order valence-electron chi connectivity index (χ1n) is 10.4. The summed E-state index contributed by atoms with van der Waals surface area (Å²) in [6, 6.07) is 10.5. The maximum atomic E-state index is 13.1. The minimum atomic E-state index is -1.19. The van der Waals surface area contributed by atoms with Crippen molar-refractivity contribution in [1.82, 2.24) is 16.0 Å². The van der Waals surface area contributed by atoms with Crippen LogP contribution in [0.2, 0.25) is 0 Å². The smallest absolute Gasteiger partial charge is 0.246 e. The van der Waals surface area contributed by atoms with Crippen LogP contribution in [-0.2, 0) is 27.3 Å². The lowest BCUT2D eigenvalue weighted by molar-refractivity contribution is -0.137. The van der Waals surface area contributed by atoms with E-state index in [4.69, 9.17) is 22.3 Å². The highest BCUT2D eigenvalue weighted by Gasteiger charge is 2.42. The summed E-state index contributed by atoms with van der Waals surface area (Å²) in [7, 11) is 0. The first-order valence-corrected chi connectivity index (χ1v) is 11.2. The highest BCUT2D eigenvalue weighted by molar-refractivity contribution is 7.14. The Balaban J connectivity index is 1.63. The molecule has 3 rings (SSSR count). The third-order valence-corrected chi connectivity index (χ3v) is 6.48. The zero-order chi connectivity index (χ0) is 24.0. The fourth-order valence-electron chi connectivity index (χ4n) is 3.72. The number of nitrogens with one attached hydrogen (secondary N) is 5. The molecule has 1 unspecified atom stereocenters. The Morgan fingerprint density at radius 3 is 2.58 bits per heavy atom. The number of carbonyl (C=O) groups excluding carboxylic acids is 3. The Morgan fingerprint density at radius 2 is 1.91 bits per heavy atom. The average molecular weight is 470 g/mol. The summed E-state index contributed by atoms with van der Waals surface area (Å²) in [6.07, 6.45) is 1.54. The van der Waals surface area contributed by atoms with Crippen molar-refractivity contribution >= 4 is 40.7 Å². The molecular weight excluding hydrogens is 442 g/mol. The second kappa shape index (κ2) is 10.3. The van der Waals surface area contributed by atoms with Crippen LogP contribution in [0.3, 0.4) is 0 Å². The van der Waals surface area contributed by atoms with Gasteiger partial charge in [-0.15, -0.1) is 11.3 Å². The van der Waals surface area contributed by atoms with Crippen LogP contribution in [0, 0.1) is 10.8 Å².